The Morgan fingerprint density at radius 1 is 1.33 bits per heavy atom. The number of hydrogen-bond donors (Lipinski definition) is 0. The van der Waals surface area contributed by atoms with Crippen molar-refractivity contribution in [1.82, 2.24) is 15.1 Å². The molecular formula is C15H23ClN4O. The van der Waals surface area contributed by atoms with Gasteiger partial charge in [0.1, 0.15) is 0 Å². The molecular weight excluding hydrogens is 288 g/mol. The highest BCUT2D eigenvalue weighted by Gasteiger charge is 2.38. The molecule has 0 N–H and O–H groups in total. The average molecular weight is 311 g/mol. The molecule has 3 heterocycles. The van der Waals surface area contributed by atoms with E-state index in [0.717, 1.165) is 44.0 Å². The number of morpholine rings is 1. The molecule has 0 aliphatic carbocycles. The predicted molar refractivity (Wildman–Crippen MR) is 84.0 cm³/mol. The minimum atomic E-state index is 0.298. The van der Waals surface area contributed by atoms with Gasteiger partial charge in [0, 0.05) is 25.7 Å². The van der Waals surface area contributed by atoms with Gasteiger partial charge in [-0.3, -0.25) is 4.90 Å². The van der Waals surface area contributed by atoms with E-state index in [0.29, 0.717) is 23.3 Å². The lowest BCUT2D eigenvalue weighted by Crippen LogP contribution is -2.61. The lowest BCUT2D eigenvalue weighted by atomic mass is 9.97. The zero-order valence-corrected chi connectivity index (χ0v) is 13.7. The topological polar surface area (TPSA) is 41.5 Å². The van der Waals surface area contributed by atoms with Gasteiger partial charge in [-0.2, -0.15) is 0 Å². The molecule has 0 amide bonds. The number of fused-ring (bicyclic) bond motifs is 1. The van der Waals surface area contributed by atoms with Crippen molar-refractivity contribution >= 4 is 17.4 Å². The second-order valence-corrected chi connectivity index (χ2v) is 6.58. The highest BCUT2D eigenvalue weighted by Crippen LogP contribution is 2.28. The molecule has 0 saturated carbocycles. The first-order valence-electron chi connectivity index (χ1n) is 7.68. The lowest BCUT2D eigenvalue weighted by molar-refractivity contribution is -0.0346. The number of ether oxygens (including phenoxy) is 1. The number of piperidine rings is 1. The number of aryl methyl sites for hydroxylation is 1. The Kier molecular flexibility index (Phi) is 4.33. The van der Waals surface area contributed by atoms with E-state index in [9.17, 15) is 0 Å². The molecule has 0 spiro atoms. The van der Waals surface area contributed by atoms with Crippen LogP contribution in [0.1, 0.15) is 25.8 Å². The Morgan fingerprint density at radius 3 is 2.86 bits per heavy atom. The summed E-state index contributed by atoms with van der Waals surface area (Å²) in [6.45, 7) is 10.2. The van der Waals surface area contributed by atoms with Crippen LogP contribution in [0.3, 0.4) is 0 Å². The Hall–Kier alpha value is -0.910. The van der Waals surface area contributed by atoms with E-state index in [4.69, 9.17) is 16.3 Å². The van der Waals surface area contributed by atoms with E-state index < -0.39 is 0 Å². The summed E-state index contributed by atoms with van der Waals surface area (Å²) in [6, 6.07) is 2.95. The second kappa shape index (κ2) is 6.07. The smallest absolute Gasteiger partial charge is 0.154 e. The summed E-state index contributed by atoms with van der Waals surface area (Å²) in [5.41, 5.74) is 0.973. The maximum atomic E-state index is 6.00. The van der Waals surface area contributed by atoms with Gasteiger partial charge in [0.05, 0.1) is 18.8 Å². The number of anilines is 1. The maximum Gasteiger partial charge on any atom is 0.154 e. The molecule has 0 bridgehead atoms. The highest BCUT2D eigenvalue weighted by molar-refractivity contribution is 6.30. The molecule has 2 saturated heterocycles. The van der Waals surface area contributed by atoms with Crippen molar-refractivity contribution in [2.24, 2.45) is 0 Å². The van der Waals surface area contributed by atoms with E-state index in [1.165, 1.54) is 0 Å². The van der Waals surface area contributed by atoms with Gasteiger partial charge in [0.25, 0.3) is 0 Å². The van der Waals surface area contributed by atoms with Crippen molar-refractivity contribution in [3.05, 3.63) is 16.8 Å². The van der Waals surface area contributed by atoms with Crippen molar-refractivity contribution in [2.45, 2.75) is 45.4 Å². The maximum absolute atomic E-state index is 6.00. The van der Waals surface area contributed by atoms with Crippen molar-refractivity contribution in [1.29, 1.82) is 0 Å². The van der Waals surface area contributed by atoms with E-state index in [2.05, 4.69) is 33.8 Å². The van der Waals surface area contributed by atoms with Crippen molar-refractivity contribution in [2.75, 3.05) is 31.1 Å². The van der Waals surface area contributed by atoms with Gasteiger partial charge in [-0.05, 0) is 38.8 Å². The summed E-state index contributed by atoms with van der Waals surface area (Å²) in [5, 5.41) is 8.84. The van der Waals surface area contributed by atoms with E-state index in [1.54, 1.807) is 0 Å². The predicted octanol–water partition coefficient (Wildman–Crippen LogP) is 2.13. The quantitative estimate of drug-likeness (QED) is 0.837. The van der Waals surface area contributed by atoms with E-state index in [1.807, 2.05) is 13.0 Å². The SMILES string of the molecule is Cc1cc(N2CCO[C@@H]3CCN(C(C)C)C[C@@H]32)nnc1Cl. The van der Waals surface area contributed by atoms with Crippen LogP contribution in [0.25, 0.3) is 0 Å². The Bertz CT molecular complexity index is 510. The fourth-order valence-corrected chi connectivity index (χ4v) is 3.34. The zero-order chi connectivity index (χ0) is 15.0. The van der Waals surface area contributed by atoms with Gasteiger partial charge in [-0.25, -0.2) is 0 Å². The normalized spacial score (nSPS) is 27.0. The summed E-state index contributed by atoms with van der Waals surface area (Å²) < 4.78 is 5.97. The monoisotopic (exact) mass is 310 g/mol. The number of aromatic nitrogens is 2. The van der Waals surface area contributed by atoms with E-state index >= 15 is 0 Å². The fraction of sp³-hybridized carbons (Fsp3) is 0.733. The van der Waals surface area contributed by atoms with Gasteiger partial charge < -0.3 is 9.64 Å². The van der Waals surface area contributed by atoms with Crippen LogP contribution in [-0.2, 0) is 4.74 Å². The Balaban J connectivity index is 1.84. The van der Waals surface area contributed by atoms with Gasteiger partial charge in [-0.15, -0.1) is 10.2 Å². The molecule has 3 rings (SSSR count). The summed E-state index contributed by atoms with van der Waals surface area (Å²) in [4.78, 5) is 4.86. The van der Waals surface area contributed by atoms with Crippen molar-refractivity contribution < 1.29 is 4.74 Å². The van der Waals surface area contributed by atoms with Crippen LogP contribution in [0, 0.1) is 6.92 Å². The minimum Gasteiger partial charge on any atom is -0.374 e. The highest BCUT2D eigenvalue weighted by atomic mass is 35.5. The number of hydrogen-bond acceptors (Lipinski definition) is 5. The molecule has 0 aromatic carbocycles. The van der Waals surface area contributed by atoms with Crippen LogP contribution in [0.5, 0.6) is 0 Å². The number of nitrogens with zero attached hydrogens (tertiary/aromatic N) is 4. The first kappa shape index (κ1) is 15.0. The third kappa shape index (κ3) is 3.00. The summed E-state index contributed by atoms with van der Waals surface area (Å²) >= 11 is 6.00. The van der Waals surface area contributed by atoms with Crippen LogP contribution in [0.2, 0.25) is 5.15 Å². The number of likely N-dealkylation sites (tertiary alicyclic amines) is 1. The number of halogens is 1. The first-order chi connectivity index (χ1) is 10.1. The van der Waals surface area contributed by atoms with Crippen LogP contribution in [0.15, 0.2) is 6.07 Å². The van der Waals surface area contributed by atoms with Crippen molar-refractivity contribution in [3.63, 3.8) is 0 Å². The molecule has 2 aliphatic rings. The fourth-order valence-electron chi connectivity index (χ4n) is 3.25. The van der Waals surface area contributed by atoms with Crippen LogP contribution in [0.4, 0.5) is 5.82 Å². The average Bonchev–Trinajstić information content (AvgIpc) is 2.49. The molecule has 0 unspecified atom stereocenters. The molecule has 116 valence electrons. The van der Waals surface area contributed by atoms with Gasteiger partial charge >= 0.3 is 0 Å². The van der Waals surface area contributed by atoms with E-state index in [-0.39, 0.29) is 0 Å². The molecule has 21 heavy (non-hydrogen) atoms. The third-order valence-corrected chi connectivity index (χ3v) is 4.93. The largest absolute Gasteiger partial charge is 0.374 e. The van der Waals surface area contributed by atoms with Crippen LogP contribution < -0.4 is 4.90 Å². The van der Waals surface area contributed by atoms with Crippen LogP contribution in [-0.4, -0.2) is 59.5 Å². The summed E-state index contributed by atoms with van der Waals surface area (Å²) in [6.07, 6.45) is 1.38. The molecule has 2 aliphatic heterocycles. The Morgan fingerprint density at radius 2 is 2.14 bits per heavy atom. The molecule has 5 nitrogen and oxygen atoms in total. The number of rotatable bonds is 2. The van der Waals surface area contributed by atoms with Gasteiger partial charge in [0.2, 0.25) is 0 Å². The summed E-state index contributed by atoms with van der Waals surface area (Å²) in [7, 11) is 0. The minimum absolute atomic E-state index is 0.298. The molecule has 6 heteroatoms. The van der Waals surface area contributed by atoms with Crippen molar-refractivity contribution in [3.8, 4) is 0 Å². The molecule has 1 aromatic heterocycles. The standard InChI is InChI=1S/C15H23ClN4O/c1-10(2)19-5-4-13-12(9-19)20(6-7-21-13)14-8-11(3)15(16)18-17-14/h8,10,12-13H,4-7,9H2,1-3H3/t12-,13+/m0/s1. The van der Waals surface area contributed by atoms with Gasteiger partial charge in [-0.1, -0.05) is 11.6 Å². The zero-order valence-electron chi connectivity index (χ0n) is 12.9. The first-order valence-corrected chi connectivity index (χ1v) is 8.06. The Labute approximate surface area is 131 Å². The molecule has 2 atom stereocenters. The third-order valence-electron chi connectivity index (χ3n) is 4.55. The summed E-state index contributed by atoms with van der Waals surface area (Å²) in [5.74, 6) is 0.917. The van der Waals surface area contributed by atoms with Gasteiger partial charge in [0.15, 0.2) is 11.0 Å². The molecule has 1 aromatic rings. The molecule has 0 radical (unpaired) electrons. The lowest BCUT2D eigenvalue weighted by Gasteiger charge is -2.48. The molecule has 2 fully saturated rings. The second-order valence-electron chi connectivity index (χ2n) is 6.22. The van der Waals surface area contributed by atoms with Crippen LogP contribution >= 0.6 is 11.6 Å².